The van der Waals surface area contributed by atoms with Crippen LogP contribution in [0.4, 0.5) is 14.5 Å². The van der Waals surface area contributed by atoms with Crippen molar-refractivity contribution in [2.45, 2.75) is 13.0 Å². The quantitative estimate of drug-likeness (QED) is 0.333. The average Bonchev–Trinajstić information content (AvgIpc) is 2.65. The van der Waals surface area contributed by atoms with Gasteiger partial charge in [0.2, 0.25) is 5.88 Å². The molecule has 1 heterocycles. The zero-order valence-electron chi connectivity index (χ0n) is 14.8. The first-order valence-corrected chi connectivity index (χ1v) is 7.66. The number of rotatable bonds is 8. The van der Waals surface area contributed by atoms with Crippen LogP contribution in [0.25, 0.3) is 0 Å². The Balaban J connectivity index is 0.00000364. The Labute approximate surface area is 172 Å². The molecule has 10 heteroatoms. The van der Waals surface area contributed by atoms with Crippen molar-refractivity contribution >= 4 is 35.6 Å². The fraction of sp³-hybridized carbons (Fsp3) is 0.294. The van der Waals surface area contributed by atoms with Gasteiger partial charge in [0.25, 0.3) is 6.43 Å². The summed E-state index contributed by atoms with van der Waals surface area (Å²) in [6.07, 6.45) is -1.10. The third-order valence-electron chi connectivity index (χ3n) is 3.26. The van der Waals surface area contributed by atoms with E-state index in [9.17, 15) is 8.78 Å². The first-order valence-electron chi connectivity index (χ1n) is 7.66. The van der Waals surface area contributed by atoms with Crippen molar-refractivity contribution in [3.63, 3.8) is 0 Å². The smallest absolute Gasteiger partial charge is 0.272 e. The van der Waals surface area contributed by atoms with Gasteiger partial charge >= 0.3 is 0 Å². The summed E-state index contributed by atoms with van der Waals surface area (Å²) in [4.78, 5) is 8.08. The molecule has 0 saturated heterocycles. The minimum absolute atomic E-state index is 0. The number of hydrogen-bond donors (Lipinski definition) is 2. The monoisotopic (exact) mass is 494 g/mol. The zero-order chi connectivity index (χ0) is 18.9. The number of nitrogens with two attached hydrogens (primary N) is 1. The maximum Gasteiger partial charge on any atom is 0.272 e. The molecule has 148 valence electrons. The second kappa shape index (κ2) is 11.4. The Morgan fingerprint density at radius 2 is 2.00 bits per heavy atom. The highest BCUT2D eigenvalue weighted by molar-refractivity contribution is 14.0. The lowest BCUT2D eigenvalue weighted by Gasteiger charge is -2.12. The normalized spacial score (nSPS) is 10.9. The van der Waals surface area contributed by atoms with Crippen LogP contribution in [0.3, 0.4) is 0 Å². The molecule has 0 saturated carbocycles. The molecule has 0 aliphatic rings. The molecule has 0 aliphatic carbocycles. The number of halogens is 3. The number of aliphatic imine (C=N–C) groups is 1. The van der Waals surface area contributed by atoms with E-state index < -0.39 is 13.0 Å². The van der Waals surface area contributed by atoms with Gasteiger partial charge in [-0.2, -0.15) is 0 Å². The highest BCUT2D eigenvalue weighted by atomic mass is 127. The molecular formula is C17H21F2IN4O3. The van der Waals surface area contributed by atoms with Gasteiger partial charge in [0.1, 0.15) is 11.5 Å². The maximum absolute atomic E-state index is 12.2. The Morgan fingerprint density at radius 1 is 1.22 bits per heavy atom. The lowest BCUT2D eigenvalue weighted by molar-refractivity contribution is 0.0795. The van der Waals surface area contributed by atoms with Crippen molar-refractivity contribution in [3.05, 3.63) is 42.1 Å². The number of pyridine rings is 1. The minimum Gasteiger partial charge on any atom is -0.497 e. The summed E-state index contributed by atoms with van der Waals surface area (Å²) < 4.78 is 39.7. The molecule has 0 aliphatic heterocycles. The molecule has 0 fully saturated rings. The standard InChI is InChI=1S/C17H20F2N4O3.HI/c1-24-12-3-4-14(25-2)13(8-12)23-17(20)22-9-11-5-6-21-16(7-11)26-10-15(18)19;/h3-8,15H,9-10H2,1-2H3,(H3,20,22,23);1H. The fourth-order valence-electron chi connectivity index (χ4n) is 2.04. The first-order chi connectivity index (χ1) is 12.5. The van der Waals surface area contributed by atoms with Gasteiger partial charge in [0.05, 0.1) is 26.5 Å². The van der Waals surface area contributed by atoms with Gasteiger partial charge in [-0.3, -0.25) is 0 Å². The van der Waals surface area contributed by atoms with E-state index in [4.69, 9.17) is 19.9 Å². The van der Waals surface area contributed by atoms with Crippen LogP contribution in [0.15, 0.2) is 41.5 Å². The van der Waals surface area contributed by atoms with Crippen molar-refractivity contribution in [3.8, 4) is 17.4 Å². The van der Waals surface area contributed by atoms with Crippen LogP contribution in [0.1, 0.15) is 5.56 Å². The molecule has 27 heavy (non-hydrogen) atoms. The number of nitrogens with zero attached hydrogens (tertiary/aromatic N) is 2. The summed E-state index contributed by atoms with van der Waals surface area (Å²) in [5.74, 6) is 1.48. The summed E-state index contributed by atoms with van der Waals surface area (Å²) >= 11 is 0. The molecule has 0 amide bonds. The number of ether oxygens (including phenoxy) is 3. The SMILES string of the molecule is COc1ccc(OC)c(NC(N)=NCc2ccnc(OCC(F)F)c2)c1.I. The van der Waals surface area contributed by atoms with E-state index in [0.29, 0.717) is 22.7 Å². The molecular weight excluding hydrogens is 473 g/mol. The van der Waals surface area contributed by atoms with Crippen LogP contribution < -0.4 is 25.3 Å². The first kappa shape index (κ1) is 22.7. The summed E-state index contributed by atoms with van der Waals surface area (Å²) in [6.45, 7) is -0.488. The zero-order valence-corrected chi connectivity index (χ0v) is 17.1. The van der Waals surface area contributed by atoms with Gasteiger partial charge in [-0.25, -0.2) is 18.8 Å². The fourth-order valence-corrected chi connectivity index (χ4v) is 2.04. The summed E-state index contributed by atoms with van der Waals surface area (Å²) in [7, 11) is 3.10. The number of benzene rings is 1. The van der Waals surface area contributed by atoms with E-state index in [-0.39, 0.29) is 42.4 Å². The number of hydrogen-bond acceptors (Lipinski definition) is 5. The number of aromatic nitrogens is 1. The topological polar surface area (TPSA) is 91.0 Å². The van der Waals surface area contributed by atoms with Gasteiger partial charge in [-0.1, -0.05) is 0 Å². The highest BCUT2D eigenvalue weighted by Crippen LogP contribution is 2.28. The van der Waals surface area contributed by atoms with Crippen molar-refractivity contribution in [2.24, 2.45) is 10.7 Å². The Morgan fingerprint density at radius 3 is 2.67 bits per heavy atom. The molecule has 0 spiro atoms. The lowest BCUT2D eigenvalue weighted by Crippen LogP contribution is -2.23. The molecule has 1 aromatic carbocycles. The van der Waals surface area contributed by atoms with E-state index in [1.54, 1.807) is 31.4 Å². The Bertz CT molecular complexity index is 763. The van der Waals surface area contributed by atoms with Crippen LogP contribution in [-0.2, 0) is 6.54 Å². The average molecular weight is 494 g/mol. The Hall–Kier alpha value is -2.37. The second-order valence-corrected chi connectivity index (χ2v) is 5.10. The molecule has 1 aromatic heterocycles. The van der Waals surface area contributed by atoms with Gasteiger partial charge in [0, 0.05) is 18.3 Å². The van der Waals surface area contributed by atoms with Gasteiger partial charge in [-0.15, -0.1) is 24.0 Å². The molecule has 3 N–H and O–H groups in total. The largest absolute Gasteiger partial charge is 0.497 e. The predicted octanol–water partition coefficient (Wildman–Crippen LogP) is 3.29. The third-order valence-corrected chi connectivity index (χ3v) is 3.26. The van der Waals surface area contributed by atoms with E-state index in [1.807, 2.05) is 0 Å². The van der Waals surface area contributed by atoms with Crippen LogP contribution in [-0.4, -0.2) is 38.2 Å². The summed E-state index contributed by atoms with van der Waals surface area (Å²) in [5, 5.41) is 2.94. The van der Waals surface area contributed by atoms with E-state index in [1.165, 1.54) is 19.4 Å². The molecule has 0 atom stereocenters. The van der Waals surface area contributed by atoms with E-state index >= 15 is 0 Å². The summed E-state index contributed by atoms with van der Waals surface area (Å²) in [6, 6.07) is 8.45. The maximum atomic E-state index is 12.2. The van der Waals surface area contributed by atoms with E-state index in [2.05, 4.69) is 15.3 Å². The van der Waals surface area contributed by atoms with Crippen molar-refractivity contribution in [1.82, 2.24) is 4.98 Å². The second-order valence-electron chi connectivity index (χ2n) is 5.10. The molecule has 2 rings (SSSR count). The van der Waals surface area contributed by atoms with Crippen LogP contribution >= 0.6 is 24.0 Å². The van der Waals surface area contributed by atoms with E-state index in [0.717, 1.165) is 0 Å². The van der Waals surface area contributed by atoms with Crippen molar-refractivity contribution in [1.29, 1.82) is 0 Å². The van der Waals surface area contributed by atoms with Gasteiger partial charge < -0.3 is 25.3 Å². The van der Waals surface area contributed by atoms with Crippen LogP contribution in [0.5, 0.6) is 17.4 Å². The molecule has 0 bridgehead atoms. The molecule has 7 nitrogen and oxygen atoms in total. The molecule has 2 aromatic rings. The number of anilines is 1. The highest BCUT2D eigenvalue weighted by Gasteiger charge is 2.07. The van der Waals surface area contributed by atoms with Crippen LogP contribution in [0.2, 0.25) is 0 Å². The summed E-state index contributed by atoms with van der Waals surface area (Å²) in [5.41, 5.74) is 7.22. The predicted molar refractivity (Wildman–Crippen MR) is 110 cm³/mol. The van der Waals surface area contributed by atoms with Crippen molar-refractivity contribution in [2.75, 3.05) is 26.1 Å². The van der Waals surface area contributed by atoms with Crippen molar-refractivity contribution < 1.29 is 23.0 Å². The number of methoxy groups -OCH3 is 2. The van der Waals surface area contributed by atoms with Crippen LogP contribution in [0, 0.1) is 0 Å². The van der Waals surface area contributed by atoms with Gasteiger partial charge in [-0.05, 0) is 23.8 Å². The number of alkyl halides is 2. The number of guanidine groups is 1. The molecule has 0 unspecified atom stereocenters. The number of nitrogens with one attached hydrogen (secondary N) is 1. The molecule has 0 radical (unpaired) electrons. The lowest BCUT2D eigenvalue weighted by atomic mass is 10.2. The third kappa shape index (κ3) is 7.41. The minimum atomic E-state index is -2.56. The van der Waals surface area contributed by atoms with Gasteiger partial charge in [0.15, 0.2) is 12.6 Å². The Kier molecular flexibility index (Phi) is 9.54.